The van der Waals surface area contributed by atoms with Gasteiger partial charge >= 0.3 is 0 Å². The second kappa shape index (κ2) is 5.39. The molecule has 0 saturated heterocycles. The van der Waals surface area contributed by atoms with Crippen LogP contribution in [0.25, 0.3) is 0 Å². The number of nitriles is 1. The third-order valence-corrected chi connectivity index (χ3v) is 3.48. The van der Waals surface area contributed by atoms with E-state index in [1.165, 1.54) is 32.1 Å². The van der Waals surface area contributed by atoms with Crippen molar-refractivity contribution < 1.29 is 0 Å². The van der Waals surface area contributed by atoms with Gasteiger partial charge in [0.2, 0.25) is 0 Å². The van der Waals surface area contributed by atoms with E-state index >= 15 is 0 Å². The molecule has 1 fully saturated rings. The molecule has 0 unspecified atom stereocenters. The summed E-state index contributed by atoms with van der Waals surface area (Å²) in [6, 6.07) is 2.59. The minimum Gasteiger partial charge on any atom is -0.198 e. The van der Waals surface area contributed by atoms with Crippen LogP contribution < -0.4 is 0 Å². The SMILES string of the molecule is CC(C)CCCC1(C#N)CCCCC1. The summed E-state index contributed by atoms with van der Waals surface area (Å²) >= 11 is 0. The summed E-state index contributed by atoms with van der Waals surface area (Å²) in [7, 11) is 0. The fraction of sp³-hybridized carbons (Fsp3) is 0.923. The topological polar surface area (TPSA) is 23.8 Å². The van der Waals surface area contributed by atoms with E-state index in [0.29, 0.717) is 0 Å². The van der Waals surface area contributed by atoms with E-state index in [2.05, 4.69) is 19.9 Å². The minimum absolute atomic E-state index is 0.0626. The predicted octanol–water partition coefficient (Wildman–Crippen LogP) is 4.29. The van der Waals surface area contributed by atoms with E-state index in [0.717, 1.165) is 25.2 Å². The Hall–Kier alpha value is -0.510. The lowest BCUT2D eigenvalue weighted by Gasteiger charge is -2.30. The molecule has 0 atom stereocenters. The number of hydrogen-bond acceptors (Lipinski definition) is 1. The standard InChI is InChI=1S/C13H23N/c1-12(2)7-6-10-13(11-14)8-4-3-5-9-13/h12H,3-10H2,1-2H3. The van der Waals surface area contributed by atoms with Crippen molar-refractivity contribution in [3.63, 3.8) is 0 Å². The second-order valence-corrected chi connectivity index (χ2v) is 5.24. The maximum Gasteiger partial charge on any atom is 0.0689 e. The first-order valence-electron chi connectivity index (χ1n) is 6.10. The van der Waals surface area contributed by atoms with Gasteiger partial charge < -0.3 is 0 Å². The zero-order valence-corrected chi connectivity index (χ0v) is 9.68. The normalized spacial score (nSPS) is 20.7. The minimum atomic E-state index is 0.0626. The van der Waals surface area contributed by atoms with E-state index in [9.17, 15) is 5.26 Å². The Kier molecular flexibility index (Phi) is 4.45. The Labute approximate surface area is 88.5 Å². The fourth-order valence-corrected chi connectivity index (χ4v) is 2.49. The summed E-state index contributed by atoms with van der Waals surface area (Å²) < 4.78 is 0. The molecular weight excluding hydrogens is 170 g/mol. The monoisotopic (exact) mass is 193 g/mol. The first-order chi connectivity index (χ1) is 6.68. The number of rotatable bonds is 4. The molecule has 14 heavy (non-hydrogen) atoms. The molecule has 1 rings (SSSR count). The van der Waals surface area contributed by atoms with Gasteiger partial charge in [0.1, 0.15) is 0 Å². The lowest BCUT2D eigenvalue weighted by Crippen LogP contribution is -2.22. The van der Waals surface area contributed by atoms with Crippen molar-refractivity contribution in [2.45, 2.75) is 65.2 Å². The fourth-order valence-electron chi connectivity index (χ4n) is 2.49. The van der Waals surface area contributed by atoms with Crippen molar-refractivity contribution in [2.75, 3.05) is 0 Å². The van der Waals surface area contributed by atoms with Gasteiger partial charge in [-0.2, -0.15) is 5.26 Å². The molecule has 0 amide bonds. The predicted molar refractivity (Wildman–Crippen MR) is 59.8 cm³/mol. The smallest absolute Gasteiger partial charge is 0.0689 e. The highest BCUT2D eigenvalue weighted by atomic mass is 14.4. The van der Waals surface area contributed by atoms with Crippen LogP contribution in [0, 0.1) is 22.7 Å². The maximum absolute atomic E-state index is 9.26. The van der Waals surface area contributed by atoms with E-state index in [1.54, 1.807) is 0 Å². The Morgan fingerprint density at radius 1 is 1.21 bits per heavy atom. The van der Waals surface area contributed by atoms with E-state index in [4.69, 9.17) is 0 Å². The molecule has 0 radical (unpaired) electrons. The molecule has 1 aliphatic rings. The summed E-state index contributed by atoms with van der Waals surface area (Å²) in [5, 5.41) is 9.26. The van der Waals surface area contributed by atoms with Crippen LogP contribution in [0.4, 0.5) is 0 Å². The molecule has 0 N–H and O–H groups in total. The molecule has 1 nitrogen and oxygen atoms in total. The summed E-state index contributed by atoms with van der Waals surface area (Å²) in [5.41, 5.74) is 0.0626. The van der Waals surface area contributed by atoms with Crippen molar-refractivity contribution in [1.82, 2.24) is 0 Å². The van der Waals surface area contributed by atoms with Gasteiger partial charge in [-0.15, -0.1) is 0 Å². The Balaban J connectivity index is 2.34. The van der Waals surface area contributed by atoms with Gasteiger partial charge in [0, 0.05) is 0 Å². The highest BCUT2D eigenvalue weighted by molar-refractivity contribution is 5.00. The largest absolute Gasteiger partial charge is 0.198 e. The van der Waals surface area contributed by atoms with Gasteiger partial charge in [-0.1, -0.05) is 46.0 Å². The molecule has 0 heterocycles. The third kappa shape index (κ3) is 3.33. The molecule has 0 aromatic carbocycles. The van der Waals surface area contributed by atoms with Crippen LogP contribution in [0.2, 0.25) is 0 Å². The van der Waals surface area contributed by atoms with Crippen LogP contribution in [0.1, 0.15) is 65.2 Å². The molecule has 0 bridgehead atoms. The van der Waals surface area contributed by atoms with Crippen molar-refractivity contribution in [1.29, 1.82) is 5.26 Å². The van der Waals surface area contributed by atoms with Gasteiger partial charge in [0.05, 0.1) is 11.5 Å². The van der Waals surface area contributed by atoms with Gasteiger partial charge in [0.25, 0.3) is 0 Å². The first-order valence-corrected chi connectivity index (χ1v) is 6.10. The first kappa shape index (κ1) is 11.6. The van der Waals surface area contributed by atoms with Gasteiger partial charge in [-0.25, -0.2) is 0 Å². The van der Waals surface area contributed by atoms with Crippen LogP contribution in [-0.2, 0) is 0 Å². The third-order valence-electron chi connectivity index (χ3n) is 3.48. The molecule has 0 aromatic rings. The molecule has 0 spiro atoms. The van der Waals surface area contributed by atoms with Crippen molar-refractivity contribution in [3.8, 4) is 6.07 Å². The number of nitrogens with zero attached hydrogens (tertiary/aromatic N) is 1. The van der Waals surface area contributed by atoms with Crippen LogP contribution in [-0.4, -0.2) is 0 Å². The summed E-state index contributed by atoms with van der Waals surface area (Å²) in [5.74, 6) is 0.786. The number of hydrogen-bond donors (Lipinski definition) is 0. The zero-order chi connectivity index (χ0) is 10.4. The molecule has 0 aliphatic heterocycles. The average Bonchev–Trinajstić information content (AvgIpc) is 2.19. The van der Waals surface area contributed by atoms with Crippen LogP contribution >= 0.6 is 0 Å². The van der Waals surface area contributed by atoms with E-state index < -0.39 is 0 Å². The van der Waals surface area contributed by atoms with Crippen molar-refractivity contribution in [2.24, 2.45) is 11.3 Å². The molecule has 80 valence electrons. The summed E-state index contributed by atoms with van der Waals surface area (Å²) in [4.78, 5) is 0. The molecule has 1 aliphatic carbocycles. The molecule has 1 saturated carbocycles. The quantitative estimate of drug-likeness (QED) is 0.653. The Bertz CT molecular complexity index is 194. The van der Waals surface area contributed by atoms with Gasteiger partial charge in [-0.3, -0.25) is 0 Å². The second-order valence-electron chi connectivity index (χ2n) is 5.24. The Morgan fingerprint density at radius 3 is 2.36 bits per heavy atom. The maximum atomic E-state index is 9.26. The van der Waals surface area contributed by atoms with E-state index in [1.807, 2.05) is 0 Å². The summed E-state index contributed by atoms with van der Waals surface area (Å²) in [6.07, 6.45) is 9.86. The summed E-state index contributed by atoms with van der Waals surface area (Å²) in [6.45, 7) is 4.53. The highest BCUT2D eigenvalue weighted by Gasteiger charge is 2.31. The van der Waals surface area contributed by atoms with Crippen molar-refractivity contribution in [3.05, 3.63) is 0 Å². The zero-order valence-electron chi connectivity index (χ0n) is 9.68. The molecule has 1 heteroatoms. The highest BCUT2D eigenvalue weighted by Crippen LogP contribution is 2.40. The van der Waals surface area contributed by atoms with Gasteiger partial charge in [-0.05, 0) is 25.2 Å². The lowest BCUT2D eigenvalue weighted by atomic mass is 9.72. The Morgan fingerprint density at radius 2 is 1.86 bits per heavy atom. The average molecular weight is 193 g/mol. The van der Waals surface area contributed by atoms with Crippen molar-refractivity contribution >= 4 is 0 Å². The van der Waals surface area contributed by atoms with Crippen LogP contribution in [0.5, 0.6) is 0 Å². The van der Waals surface area contributed by atoms with Gasteiger partial charge in [0.15, 0.2) is 0 Å². The molecule has 0 aromatic heterocycles. The lowest BCUT2D eigenvalue weighted by molar-refractivity contribution is 0.238. The molecular formula is C13H23N. The van der Waals surface area contributed by atoms with Crippen LogP contribution in [0.15, 0.2) is 0 Å². The van der Waals surface area contributed by atoms with Crippen LogP contribution in [0.3, 0.4) is 0 Å². The van der Waals surface area contributed by atoms with E-state index in [-0.39, 0.29) is 5.41 Å².